The van der Waals surface area contributed by atoms with E-state index in [1.807, 2.05) is 12.3 Å². The van der Waals surface area contributed by atoms with Gasteiger partial charge in [0.15, 0.2) is 0 Å². The molecule has 1 atom stereocenters. The molecule has 0 bridgehead atoms. The number of ether oxygens (including phenoxy) is 2. The highest BCUT2D eigenvalue weighted by Gasteiger charge is 2.35. The van der Waals surface area contributed by atoms with Crippen molar-refractivity contribution in [2.24, 2.45) is 0 Å². The first-order chi connectivity index (χ1) is 11.1. The average molecular weight is 354 g/mol. The van der Waals surface area contributed by atoms with Crippen LogP contribution in [0.25, 0.3) is 0 Å². The van der Waals surface area contributed by atoms with Crippen molar-refractivity contribution in [3.63, 3.8) is 0 Å². The van der Waals surface area contributed by atoms with Crippen LogP contribution < -0.4 is 9.47 Å². The second-order valence-electron chi connectivity index (χ2n) is 5.07. The Balaban J connectivity index is 1.76. The second kappa shape index (κ2) is 6.86. The van der Waals surface area contributed by atoms with Crippen molar-refractivity contribution < 1.29 is 17.9 Å². The van der Waals surface area contributed by atoms with E-state index in [1.54, 1.807) is 30.5 Å². The van der Waals surface area contributed by atoms with E-state index in [0.717, 1.165) is 0 Å². The summed E-state index contributed by atoms with van der Waals surface area (Å²) in [5, 5.41) is 2.40. The number of para-hydroxylation sites is 1. The Kier molecular flexibility index (Phi) is 4.84. The van der Waals surface area contributed by atoms with Gasteiger partial charge in [-0.25, -0.2) is 13.4 Å². The summed E-state index contributed by atoms with van der Waals surface area (Å²) in [6, 6.07) is 6.72. The van der Waals surface area contributed by atoms with Crippen LogP contribution in [0.4, 0.5) is 0 Å². The van der Waals surface area contributed by atoms with E-state index in [9.17, 15) is 8.42 Å². The van der Waals surface area contributed by atoms with Gasteiger partial charge in [-0.05, 0) is 25.5 Å². The number of aromatic nitrogens is 1. The van der Waals surface area contributed by atoms with Gasteiger partial charge in [0.25, 0.3) is 5.19 Å². The molecule has 3 rings (SSSR count). The Morgan fingerprint density at radius 1 is 1.39 bits per heavy atom. The molecular weight excluding hydrogens is 336 g/mol. The fourth-order valence-electron chi connectivity index (χ4n) is 2.50. The first kappa shape index (κ1) is 16.2. The number of hydrogen-bond donors (Lipinski definition) is 0. The van der Waals surface area contributed by atoms with Crippen molar-refractivity contribution in [2.75, 3.05) is 19.7 Å². The minimum absolute atomic E-state index is 0.171. The van der Waals surface area contributed by atoms with Crippen LogP contribution in [0.5, 0.6) is 10.9 Å². The van der Waals surface area contributed by atoms with Gasteiger partial charge in [0.2, 0.25) is 10.0 Å². The molecule has 1 aliphatic rings. The molecule has 1 saturated heterocycles. The van der Waals surface area contributed by atoms with Crippen LogP contribution in [0.1, 0.15) is 13.3 Å². The molecule has 8 heteroatoms. The zero-order valence-corrected chi connectivity index (χ0v) is 14.3. The minimum atomic E-state index is -3.59. The lowest BCUT2D eigenvalue weighted by Gasteiger charge is -2.18. The van der Waals surface area contributed by atoms with Gasteiger partial charge in [0.1, 0.15) is 16.7 Å². The van der Waals surface area contributed by atoms with Crippen LogP contribution in [-0.4, -0.2) is 43.5 Å². The SMILES string of the molecule is CCOc1ccccc1S(=O)(=O)N1CCC(Oc2nccs2)C1. The van der Waals surface area contributed by atoms with Crippen molar-refractivity contribution in [2.45, 2.75) is 24.3 Å². The second-order valence-corrected chi connectivity index (χ2v) is 7.83. The van der Waals surface area contributed by atoms with Crippen LogP contribution in [0.15, 0.2) is 40.7 Å². The van der Waals surface area contributed by atoms with E-state index in [-0.39, 0.29) is 11.0 Å². The summed E-state index contributed by atoms with van der Waals surface area (Å²) in [5.74, 6) is 0.388. The van der Waals surface area contributed by atoms with E-state index in [1.165, 1.54) is 15.6 Å². The highest BCUT2D eigenvalue weighted by atomic mass is 32.2. The normalized spacial score (nSPS) is 18.9. The molecule has 1 fully saturated rings. The number of hydrogen-bond acceptors (Lipinski definition) is 6. The van der Waals surface area contributed by atoms with E-state index in [2.05, 4.69) is 4.98 Å². The van der Waals surface area contributed by atoms with Crippen molar-refractivity contribution in [1.29, 1.82) is 0 Å². The predicted molar refractivity (Wildman–Crippen MR) is 87.5 cm³/mol. The monoisotopic (exact) mass is 354 g/mol. The molecule has 0 N–H and O–H groups in total. The maximum absolute atomic E-state index is 12.9. The molecule has 1 aromatic carbocycles. The molecule has 2 aromatic rings. The molecule has 1 aliphatic heterocycles. The van der Waals surface area contributed by atoms with Crippen LogP contribution in [0.2, 0.25) is 0 Å². The summed E-state index contributed by atoms with van der Waals surface area (Å²) >= 11 is 1.40. The maximum atomic E-state index is 12.9. The van der Waals surface area contributed by atoms with E-state index in [4.69, 9.17) is 9.47 Å². The molecule has 0 aliphatic carbocycles. The fraction of sp³-hybridized carbons (Fsp3) is 0.400. The molecule has 23 heavy (non-hydrogen) atoms. The Hall–Kier alpha value is -1.64. The number of nitrogens with zero attached hydrogens (tertiary/aromatic N) is 2. The standard InChI is InChI=1S/C15H18N2O4S2/c1-2-20-13-5-3-4-6-14(13)23(18,19)17-9-7-12(11-17)21-15-16-8-10-22-15/h3-6,8,10,12H,2,7,9,11H2,1H3. The number of sulfonamides is 1. The predicted octanol–water partition coefficient (Wildman–Crippen LogP) is 2.38. The molecule has 0 radical (unpaired) electrons. The zero-order valence-electron chi connectivity index (χ0n) is 12.7. The molecular formula is C15H18N2O4S2. The van der Waals surface area contributed by atoms with E-state index < -0.39 is 10.0 Å². The number of benzene rings is 1. The summed E-state index contributed by atoms with van der Waals surface area (Å²) < 4.78 is 38.3. The Morgan fingerprint density at radius 3 is 2.96 bits per heavy atom. The molecule has 2 heterocycles. The van der Waals surface area contributed by atoms with E-state index in [0.29, 0.717) is 37.1 Å². The summed E-state index contributed by atoms with van der Waals surface area (Å²) in [5.41, 5.74) is 0. The molecule has 1 aromatic heterocycles. The summed E-state index contributed by atoms with van der Waals surface area (Å²) in [6.07, 6.45) is 2.15. The summed E-state index contributed by atoms with van der Waals surface area (Å²) in [4.78, 5) is 4.28. The Bertz CT molecular complexity index is 747. The number of thiazole rings is 1. The summed E-state index contributed by atoms with van der Waals surface area (Å²) in [7, 11) is -3.59. The van der Waals surface area contributed by atoms with Gasteiger partial charge in [-0.3, -0.25) is 0 Å². The Labute approximate surface area is 139 Å². The third-order valence-corrected chi connectivity index (χ3v) is 6.12. The molecule has 0 spiro atoms. The third-order valence-electron chi connectivity index (χ3n) is 3.55. The zero-order chi connectivity index (χ0) is 16.3. The fourth-order valence-corrected chi connectivity index (χ4v) is 4.67. The van der Waals surface area contributed by atoms with Gasteiger partial charge < -0.3 is 9.47 Å². The van der Waals surface area contributed by atoms with Crippen LogP contribution >= 0.6 is 11.3 Å². The van der Waals surface area contributed by atoms with Crippen molar-refractivity contribution in [1.82, 2.24) is 9.29 Å². The van der Waals surface area contributed by atoms with Gasteiger partial charge in [-0.2, -0.15) is 4.31 Å². The smallest absolute Gasteiger partial charge is 0.273 e. The highest BCUT2D eigenvalue weighted by molar-refractivity contribution is 7.89. The van der Waals surface area contributed by atoms with Crippen LogP contribution in [0.3, 0.4) is 0 Å². The summed E-state index contributed by atoms with van der Waals surface area (Å²) in [6.45, 7) is 3.00. The van der Waals surface area contributed by atoms with Gasteiger partial charge in [0, 0.05) is 18.1 Å². The largest absolute Gasteiger partial charge is 0.492 e. The maximum Gasteiger partial charge on any atom is 0.273 e. The van der Waals surface area contributed by atoms with Gasteiger partial charge in [0.05, 0.1) is 13.2 Å². The van der Waals surface area contributed by atoms with Crippen molar-refractivity contribution >= 4 is 21.4 Å². The van der Waals surface area contributed by atoms with Gasteiger partial charge >= 0.3 is 0 Å². The molecule has 124 valence electrons. The van der Waals surface area contributed by atoms with Crippen molar-refractivity contribution in [3.8, 4) is 10.9 Å². The molecule has 1 unspecified atom stereocenters. The first-order valence-electron chi connectivity index (χ1n) is 7.39. The number of rotatable bonds is 6. The van der Waals surface area contributed by atoms with Crippen LogP contribution in [0, 0.1) is 0 Å². The molecule has 6 nitrogen and oxygen atoms in total. The minimum Gasteiger partial charge on any atom is -0.492 e. The Morgan fingerprint density at radius 2 is 2.22 bits per heavy atom. The third kappa shape index (κ3) is 3.49. The topological polar surface area (TPSA) is 68.7 Å². The lowest BCUT2D eigenvalue weighted by molar-refractivity contribution is 0.214. The van der Waals surface area contributed by atoms with Crippen LogP contribution in [-0.2, 0) is 10.0 Å². The molecule has 0 saturated carbocycles. The van der Waals surface area contributed by atoms with Crippen molar-refractivity contribution in [3.05, 3.63) is 35.8 Å². The lowest BCUT2D eigenvalue weighted by atomic mass is 10.3. The van der Waals surface area contributed by atoms with E-state index >= 15 is 0 Å². The van der Waals surface area contributed by atoms with Gasteiger partial charge in [-0.1, -0.05) is 23.5 Å². The first-order valence-corrected chi connectivity index (χ1v) is 9.71. The average Bonchev–Trinajstić information content (AvgIpc) is 3.20. The quantitative estimate of drug-likeness (QED) is 0.797. The highest BCUT2D eigenvalue weighted by Crippen LogP contribution is 2.30. The lowest BCUT2D eigenvalue weighted by Crippen LogP contribution is -2.31. The molecule has 0 amide bonds. The van der Waals surface area contributed by atoms with Gasteiger partial charge in [-0.15, -0.1) is 0 Å².